The van der Waals surface area contributed by atoms with Crippen LogP contribution in [0.5, 0.6) is 17.2 Å². The second-order valence-electron chi connectivity index (χ2n) is 9.49. The van der Waals surface area contributed by atoms with Crippen molar-refractivity contribution in [2.75, 3.05) is 6.79 Å². The van der Waals surface area contributed by atoms with Crippen LogP contribution in [0.4, 0.5) is 0 Å². The summed E-state index contributed by atoms with van der Waals surface area (Å²) in [5, 5.41) is 5.72. The van der Waals surface area contributed by atoms with Crippen molar-refractivity contribution in [3.05, 3.63) is 89.5 Å². The molecule has 0 radical (unpaired) electrons. The lowest BCUT2D eigenvalue weighted by molar-refractivity contribution is -0.129. The van der Waals surface area contributed by atoms with E-state index >= 15 is 0 Å². The lowest BCUT2D eigenvalue weighted by Gasteiger charge is -2.19. The number of amides is 3. The maximum atomic E-state index is 13.2. The van der Waals surface area contributed by atoms with E-state index in [1.165, 1.54) is 0 Å². The van der Waals surface area contributed by atoms with Crippen molar-refractivity contribution >= 4 is 17.7 Å². The number of carbonyl (C=O) groups excluding carboxylic acids is 3. The minimum absolute atomic E-state index is 0.0856. The third kappa shape index (κ3) is 8.23. The molecule has 4 N–H and O–H groups in total. The van der Waals surface area contributed by atoms with Crippen molar-refractivity contribution in [2.24, 2.45) is 11.7 Å². The van der Waals surface area contributed by atoms with Crippen molar-refractivity contribution < 1.29 is 28.6 Å². The Morgan fingerprint density at radius 1 is 0.923 bits per heavy atom. The quantitative estimate of drug-likeness (QED) is 0.311. The highest BCUT2D eigenvalue weighted by Crippen LogP contribution is 2.32. The third-order valence-corrected chi connectivity index (χ3v) is 6.46. The van der Waals surface area contributed by atoms with E-state index in [4.69, 9.17) is 19.9 Å². The maximum Gasteiger partial charge on any atom is 0.243 e. The Hall–Kier alpha value is -4.53. The van der Waals surface area contributed by atoms with Crippen molar-refractivity contribution in [2.45, 2.75) is 45.4 Å². The molecule has 39 heavy (non-hydrogen) atoms. The average Bonchev–Trinajstić information content (AvgIpc) is 3.42. The molecule has 9 nitrogen and oxygen atoms in total. The summed E-state index contributed by atoms with van der Waals surface area (Å²) < 4.78 is 16.6. The fourth-order valence-electron chi connectivity index (χ4n) is 4.03. The highest BCUT2D eigenvalue weighted by atomic mass is 16.7. The number of benzene rings is 3. The van der Waals surface area contributed by atoms with E-state index in [2.05, 4.69) is 10.6 Å². The molecule has 0 saturated carbocycles. The first-order valence-corrected chi connectivity index (χ1v) is 12.9. The van der Waals surface area contributed by atoms with Gasteiger partial charge in [0.15, 0.2) is 11.5 Å². The number of hydrogen-bond donors (Lipinski definition) is 3. The van der Waals surface area contributed by atoms with Crippen LogP contribution in [-0.2, 0) is 34.0 Å². The Morgan fingerprint density at radius 2 is 1.64 bits per heavy atom. The summed E-state index contributed by atoms with van der Waals surface area (Å²) in [5.41, 5.74) is 8.07. The minimum Gasteiger partial charge on any atom is -0.489 e. The molecular formula is C30H33N3O6. The van der Waals surface area contributed by atoms with E-state index in [1.54, 1.807) is 13.0 Å². The predicted octanol–water partition coefficient (Wildman–Crippen LogP) is 3.24. The van der Waals surface area contributed by atoms with Gasteiger partial charge in [-0.3, -0.25) is 14.4 Å². The van der Waals surface area contributed by atoms with E-state index < -0.39 is 17.9 Å². The fraction of sp³-hybridized carbons (Fsp3) is 0.300. The number of hydrogen-bond acceptors (Lipinski definition) is 6. The summed E-state index contributed by atoms with van der Waals surface area (Å²) in [6, 6.07) is 21.9. The number of nitrogens with one attached hydrogen (secondary N) is 2. The second kappa shape index (κ2) is 13.3. The molecule has 2 atom stereocenters. The smallest absolute Gasteiger partial charge is 0.243 e. The monoisotopic (exact) mass is 531 g/mol. The van der Waals surface area contributed by atoms with E-state index in [1.807, 2.05) is 66.7 Å². The van der Waals surface area contributed by atoms with Gasteiger partial charge in [0, 0.05) is 25.3 Å². The zero-order chi connectivity index (χ0) is 27.6. The fourth-order valence-corrected chi connectivity index (χ4v) is 4.03. The zero-order valence-corrected chi connectivity index (χ0v) is 21.9. The number of fused-ring (bicyclic) bond motifs is 1. The first kappa shape index (κ1) is 27.5. The molecule has 0 saturated heterocycles. The van der Waals surface area contributed by atoms with Crippen molar-refractivity contribution in [1.29, 1.82) is 0 Å². The molecule has 9 heteroatoms. The molecule has 0 bridgehead atoms. The van der Waals surface area contributed by atoms with Crippen molar-refractivity contribution in [3.63, 3.8) is 0 Å². The van der Waals surface area contributed by atoms with Gasteiger partial charge >= 0.3 is 0 Å². The Morgan fingerprint density at radius 3 is 2.38 bits per heavy atom. The third-order valence-electron chi connectivity index (χ3n) is 6.46. The number of primary amides is 1. The van der Waals surface area contributed by atoms with Crippen LogP contribution in [0.1, 0.15) is 36.5 Å². The molecule has 0 aliphatic carbocycles. The second-order valence-corrected chi connectivity index (χ2v) is 9.49. The lowest BCUT2D eigenvalue weighted by atomic mass is 10.0. The standard InChI is InChI=1S/C30H33N3O6/c1-20(29(31)35)7-14-28(34)33-25(30(36)32-17-23-10-13-26-27(16-23)39-19-38-26)15-21-8-11-24(12-9-21)37-18-22-5-3-2-4-6-22/h2-6,8-13,16,20,25H,7,14-15,17-19H2,1H3,(H2,31,35)(H,32,36)(H,33,34). The van der Waals surface area contributed by atoms with Gasteiger partial charge in [-0.15, -0.1) is 0 Å². The summed E-state index contributed by atoms with van der Waals surface area (Å²) in [6.45, 7) is 2.55. The van der Waals surface area contributed by atoms with Gasteiger partial charge in [0.1, 0.15) is 18.4 Å². The van der Waals surface area contributed by atoms with E-state index in [0.29, 0.717) is 30.3 Å². The number of carbonyl (C=O) groups is 3. The molecular weight excluding hydrogens is 498 g/mol. The van der Waals surface area contributed by atoms with Crippen LogP contribution in [0.3, 0.4) is 0 Å². The minimum atomic E-state index is -0.813. The Kier molecular flexibility index (Phi) is 9.39. The molecule has 0 fully saturated rings. The molecule has 1 aliphatic heterocycles. The first-order chi connectivity index (χ1) is 18.9. The average molecular weight is 532 g/mol. The van der Waals surface area contributed by atoms with Crippen LogP contribution in [0.25, 0.3) is 0 Å². The van der Waals surface area contributed by atoms with Gasteiger partial charge in [0.2, 0.25) is 24.5 Å². The number of rotatable bonds is 13. The maximum absolute atomic E-state index is 13.2. The van der Waals surface area contributed by atoms with Crippen LogP contribution >= 0.6 is 0 Å². The van der Waals surface area contributed by atoms with E-state index in [0.717, 1.165) is 16.7 Å². The molecule has 0 aromatic heterocycles. The number of ether oxygens (including phenoxy) is 3. The molecule has 3 amide bonds. The normalized spacial score (nSPS) is 13.3. The van der Waals surface area contributed by atoms with Gasteiger partial charge in [-0.2, -0.15) is 0 Å². The summed E-state index contributed by atoms with van der Waals surface area (Å²) in [6.07, 6.45) is 0.672. The van der Waals surface area contributed by atoms with Crippen LogP contribution in [0.2, 0.25) is 0 Å². The van der Waals surface area contributed by atoms with Crippen LogP contribution < -0.4 is 30.6 Å². The Balaban J connectivity index is 1.38. The molecule has 2 unspecified atom stereocenters. The van der Waals surface area contributed by atoms with Gasteiger partial charge in [-0.25, -0.2) is 0 Å². The van der Waals surface area contributed by atoms with E-state index in [9.17, 15) is 14.4 Å². The molecule has 1 heterocycles. The highest BCUT2D eigenvalue weighted by molar-refractivity contribution is 5.88. The largest absolute Gasteiger partial charge is 0.489 e. The number of nitrogens with two attached hydrogens (primary N) is 1. The Bertz CT molecular complexity index is 1280. The van der Waals surface area contributed by atoms with E-state index in [-0.39, 0.29) is 38.0 Å². The predicted molar refractivity (Wildman–Crippen MR) is 145 cm³/mol. The molecule has 0 spiro atoms. The zero-order valence-electron chi connectivity index (χ0n) is 21.9. The summed E-state index contributed by atoms with van der Waals surface area (Å²) in [5.74, 6) is 0.451. The van der Waals surface area contributed by atoms with Gasteiger partial charge in [-0.1, -0.05) is 55.5 Å². The molecule has 1 aliphatic rings. The van der Waals surface area contributed by atoms with Crippen molar-refractivity contribution in [1.82, 2.24) is 10.6 Å². The first-order valence-electron chi connectivity index (χ1n) is 12.9. The van der Waals surface area contributed by atoms with Crippen LogP contribution in [0, 0.1) is 5.92 Å². The van der Waals surface area contributed by atoms with Crippen LogP contribution in [0.15, 0.2) is 72.8 Å². The van der Waals surface area contributed by atoms with Gasteiger partial charge in [-0.05, 0) is 47.4 Å². The van der Waals surface area contributed by atoms with Crippen LogP contribution in [-0.4, -0.2) is 30.6 Å². The molecule has 4 rings (SSSR count). The molecule has 3 aromatic carbocycles. The van der Waals surface area contributed by atoms with Crippen molar-refractivity contribution in [3.8, 4) is 17.2 Å². The lowest BCUT2D eigenvalue weighted by Crippen LogP contribution is -2.48. The molecule has 3 aromatic rings. The topological polar surface area (TPSA) is 129 Å². The molecule has 204 valence electrons. The summed E-state index contributed by atoms with van der Waals surface area (Å²) in [7, 11) is 0. The SMILES string of the molecule is CC(CCC(=O)NC(Cc1ccc(OCc2ccccc2)cc1)C(=O)NCc1ccc2c(c1)OCO2)C(N)=O. The van der Waals surface area contributed by atoms with Gasteiger partial charge in [0.25, 0.3) is 0 Å². The summed E-state index contributed by atoms with van der Waals surface area (Å²) >= 11 is 0. The Labute approximate surface area is 227 Å². The highest BCUT2D eigenvalue weighted by Gasteiger charge is 2.22. The summed E-state index contributed by atoms with van der Waals surface area (Å²) in [4.78, 5) is 37.2. The van der Waals surface area contributed by atoms with Gasteiger partial charge < -0.3 is 30.6 Å². The van der Waals surface area contributed by atoms with Gasteiger partial charge in [0.05, 0.1) is 0 Å².